The Labute approximate surface area is 111 Å². The van der Waals surface area contributed by atoms with E-state index >= 15 is 0 Å². The zero-order valence-electron chi connectivity index (χ0n) is 12.3. The van der Waals surface area contributed by atoms with E-state index < -0.39 is 0 Å². The number of hydrogen-bond acceptors (Lipinski definition) is 3. The van der Waals surface area contributed by atoms with Gasteiger partial charge >= 0.3 is 0 Å². The Morgan fingerprint density at radius 1 is 1.39 bits per heavy atom. The molecule has 3 N–H and O–H groups in total. The lowest BCUT2D eigenvalue weighted by molar-refractivity contribution is -0.122. The molecule has 106 valence electrons. The van der Waals surface area contributed by atoms with E-state index in [0.717, 1.165) is 32.4 Å². The highest BCUT2D eigenvalue weighted by molar-refractivity contribution is 5.76. The molecule has 1 aliphatic heterocycles. The average Bonchev–Trinajstić information content (AvgIpc) is 2.28. The van der Waals surface area contributed by atoms with Crippen molar-refractivity contribution in [3.8, 4) is 0 Å². The van der Waals surface area contributed by atoms with Gasteiger partial charge in [0.15, 0.2) is 0 Å². The lowest BCUT2D eigenvalue weighted by atomic mass is 9.98. The molecule has 18 heavy (non-hydrogen) atoms. The third-order valence-electron chi connectivity index (χ3n) is 3.78. The van der Waals surface area contributed by atoms with Gasteiger partial charge in [-0.25, -0.2) is 0 Å². The largest absolute Gasteiger partial charge is 0.353 e. The minimum atomic E-state index is -0.000311. The van der Waals surface area contributed by atoms with Crippen LogP contribution < -0.4 is 11.1 Å². The Kier molecular flexibility index (Phi) is 5.60. The van der Waals surface area contributed by atoms with Crippen molar-refractivity contribution in [3.05, 3.63) is 0 Å². The number of carbonyl (C=O) groups is 1. The third kappa shape index (κ3) is 4.94. The Hall–Kier alpha value is -0.610. The van der Waals surface area contributed by atoms with Gasteiger partial charge in [0, 0.05) is 37.1 Å². The van der Waals surface area contributed by atoms with Gasteiger partial charge in [-0.15, -0.1) is 0 Å². The number of piperidine rings is 1. The summed E-state index contributed by atoms with van der Waals surface area (Å²) in [5.41, 5.74) is 6.02. The molecule has 1 aliphatic rings. The first-order chi connectivity index (χ1) is 8.32. The number of nitrogens with one attached hydrogen (secondary N) is 1. The van der Waals surface area contributed by atoms with E-state index in [1.807, 2.05) is 6.92 Å². The molecular formula is C14H29N3O. The van der Waals surface area contributed by atoms with Crippen LogP contribution in [0, 0.1) is 0 Å². The van der Waals surface area contributed by atoms with Crippen LogP contribution in [0.3, 0.4) is 0 Å². The van der Waals surface area contributed by atoms with Gasteiger partial charge in [0.2, 0.25) is 5.91 Å². The SMILES string of the molecule is CCC(N)CC(=O)NC1CCN(C(C)(C)C)CC1. The van der Waals surface area contributed by atoms with Crippen molar-refractivity contribution in [2.75, 3.05) is 13.1 Å². The summed E-state index contributed by atoms with van der Waals surface area (Å²) in [5, 5.41) is 3.11. The molecule has 1 unspecified atom stereocenters. The van der Waals surface area contributed by atoms with Gasteiger partial charge in [-0.1, -0.05) is 6.92 Å². The first kappa shape index (κ1) is 15.4. The van der Waals surface area contributed by atoms with Crippen molar-refractivity contribution >= 4 is 5.91 Å². The van der Waals surface area contributed by atoms with Crippen LogP contribution in [0.4, 0.5) is 0 Å². The fourth-order valence-electron chi connectivity index (χ4n) is 2.36. The number of nitrogens with two attached hydrogens (primary N) is 1. The highest BCUT2D eigenvalue weighted by Crippen LogP contribution is 2.20. The van der Waals surface area contributed by atoms with E-state index in [-0.39, 0.29) is 17.5 Å². The van der Waals surface area contributed by atoms with Gasteiger partial charge in [-0.3, -0.25) is 9.69 Å². The van der Waals surface area contributed by atoms with E-state index in [9.17, 15) is 4.79 Å². The second kappa shape index (κ2) is 6.53. The van der Waals surface area contributed by atoms with Gasteiger partial charge in [0.05, 0.1) is 0 Å². The van der Waals surface area contributed by atoms with Crippen molar-refractivity contribution in [1.29, 1.82) is 0 Å². The molecule has 0 aromatic rings. The zero-order valence-corrected chi connectivity index (χ0v) is 12.3. The molecule has 4 heteroatoms. The lowest BCUT2D eigenvalue weighted by Crippen LogP contribution is -2.51. The Morgan fingerprint density at radius 3 is 2.39 bits per heavy atom. The predicted molar refractivity (Wildman–Crippen MR) is 75.4 cm³/mol. The topological polar surface area (TPSA) is 58.4 Å². The van der Waals surface area contributed by atoms with Crippen LogP contribution in [0.2, 0.25) is 0 Å². The van der Waals surface area contributed by atoms with Crippen molar-refractivity contribution in [1.82, 2.24) is 10.2 Å². The van der Waals surface area contributed by atoms with Crippen LogP contribution in [0.25, 0.3) is 0 Å². The molecule has 0 spiro atoms. The molecule has 0 saturated carbocycles. The Bertz CT molecular complexity index is 265. The average molecular weight is 255 g/mol. The molecule has 1 amide bonds. The lowest BCUT2D eigenvalue weighted by Gasteiger charge is -2.41. The number of carbonyl (C=O) groups excluding carboxylic acids is 1. The monoisotopic (exact) mass is 255 g/mol. The summed E-state index contributed by atoms with van der Waals surface area (Å²) >= 11 is 0. The molecule has 0 aromatic carbocycles. The van der Waals surface area contributed by atoms with E-state index in [2.05, 4.69) is 31.0 Å². The fourth-order valence-corrected chi connectivity index (χ4v) is 2.36. The van der Waals surface area contributed by atoms with E-state index in [0.29, 0.717) is 12.5 Å². The number of amides is 1. The summed E-state index contributed by atoms with van der Waals surface area (Å²) < 4.78 is 0. The smallest absolute Gasteiger partial charge is 0.221 e. The van der Waals surface area contributed by atoms with Crippen molar-refractivity contribution in [2.45, 2.75) is 71.0 Å². The van der Waals surface area contributed by atoms with Gasteiger partial charge < -0.3 is 11.1 Å². The van der Waals surface area contributed by atoms with Gasteiger partial charge in [-0.05, 0) is 40.0 Å². The maximum atomic E-state index is 11.8. The van der Waals surface area contributed by atoms with E-state index in [4.69, 9.17) is 5.73 Å². The molecular weight excluding hydrogens is 226 g/mol. The molecule has 0 aliphatic carbocycles. The van der Waals surface area contributed by atoms with Crippen LogP contribution >= 0.6 is 0 Å². The van der Waals surface area contributed by atoms with Crippen molar-refractivity contribution in [3.63, 3.8) is 0 Å². The second-order valence-electron chi connectivity index (χ2n) is 6.37. The molecule has 1 atom stereocenters. The van der Waals surface area contributed by atoms with Crippen molar-refractivity contribution in [2.24, 2.45) is 5.73 Å². The van der Waals surface area contributed by atoms with Crippen LogP contribution in [-0.4, -0.2) is 41.5 Å². The Balaban J connectivity index is 2.29. The molecule has 4 nitrogen and oxygen atoms in total. The minimum absolute atomic E-state index is 0.000311. The van der Waals surface area contributed by atoms with Crippen LogP contribution in [0.1, 0.15) is 53.4 Å². The Morgan fingerprint density at radius 2 is 1.94 bits per heavy atom. The summed E-state index contributed by atoms with van der Waals surface area (Å²) in [4.78, 5) is 14.2. The van der Waals surface area contributed by atoms with E-state index in [1.165, 1.54) is 0 Å². The normalized spacial score (nSPS) is 20.7. The quantitative estimate of drug-likeness (QED) is 0.800. The maximum Gasteiger partial charge on any atom is 0.221 e. The molecule has 0 bridgehead atoms. The number of likely N-dealkylation sites (tertiary alicyclic amines) is 1. The van der Waals surface area contributed by atoms with Gasteiger partial charge in [0.25, 0.3) is 0 Å². The van der Waals surface area contributed by atoms with Crippen molar-refractivity contribution < 1.29 is 4.79 Å². The number of hydrogen-bond donors (Lipinski definition) is 2. The second-order valence-corrected chi connectivity index (χ2v) is 6.37. The molecule has 0 radical (unpaired) electrons. The molecule has 1 fully saturated rings. The fraction of sp³-hybridized carbons (Fsp3) is 0.929. The highest BCUT2D eigenvalue weighted by Gasteiger charge is 2.27. The standard InChI is InChI=1S/C14H29N3O/c1-5-11(15)10-13(18)16-12-6-8-17(9-7-12)14(2,3)4/h11-12H,5-10,15H2,1-4H3,(H,16,18). The first-order valence-corrected chi connectivity index (χ1v) is 7.13. The summed E-state index contributed by atoms with van der Waals surface area (Å²) in [6, 6.07) is 0.333. The summed E-state index contributed by atoms with van der Waals surface area (Å²) in [6.45, 7) is 10.9. The van der Waals surface area contributed by atoms with Crippen LogP contribution in [-0.2, 0) is 4.79 Å². The summed E-state index contributed by atoms with van der Waals surface area (Å²) in [5.74, 6) is 0.110. The third-order valence-corrected chi connectivity index (χ3v) is 3.78. The molecule has 0 aromatic heterocycles. The van der Waals surface area contributed by atoms with Gasteiger partial charge in [0.1, 0.15) is 0 Å². The molecule has 1 saturated heterocycles. The van der Waals surface area contributed by atoms with Crippen LogP contribution in [0.15, 0.2) is 0 Å². The predicted octanol–water partition coefficient (Wildman–Crippen LogP) is 1.49. The first-order valence-electron chi connectivity index (χ1n) is 7.13. The van der Waals surface area contributed by atoms with Crippen LogP contribution in [0.5, 0.6) is 0 Å². The molecule has 1 heterocycles. The zero-order chi connectivity index (χ0) is 13.8. The summed E-state index contributed by atoms with van der Waals surface area (Å²) in [7, 11) is 0. The molecule has 1 rings (SSSR count). The maximum absolute atomic E-state index is 11.8. The minimum Gasteiger partial charge on any atom is -0.353 e. The van der Waals surface area contributed by atoms with E-state index in [1.54, 1.807) is 0 Å². The number of rotatable bonds is 4. The highest BCUT2D eigenvalue weighted by atomic mass is 16.1. The number of nitrogens with zero attached hydrogens (tertiary/aromatic N) is 1. The van der Waals surface area contributed by atoms with Gasteiger partial charge in [-0.2, -0.15) is 0 Å². The summed E-state index contributed by atoms with van der Waals surface area (Å²) in [6.07, 6.45) is 3.40.